The molecule has 0 radical (unpaired) electrons. The van der Waals surface area contributed by atoms with E-state index in [2.05, 4.69) is 14.7 Å². The second-order valence-corrected chi connectivity index (χ2v) is 4.50. The third-order valence-corrected chi connectivity index (χ3v) is 3.00. The number of aromatic nitrogens is 2. The van der Waals surface area contributed by atoms with Crippen molar-refractivity contribution in [1.29, 1.82) is 0 Å². The molecule has 0 aliphatic heterocycles. The number of nitrogen functional groups attached to an aromatic ring is 1. The average molecular weight is 313 g/mol. The maximum Gasteiger partial charge on any atom is 0.573 e. The molecule has 0 amide bonds. The molecule has 0 saturated carbocycles. The monoisotopic (exact) mass is 313 g/mol. The van der Waals surface area contributed by atoms with Gasteiger partial charge >= 0.3 is 6.36 Å². The average Bonchev–Trinajstić information content (AvgIpc) is 2.46. The normalized spacial score (nSPS) is 13.0. The fraction of sp³-hybridized carbons (Fsp3) is 0.286. The van der Waals surface area contributed by atoms with Gasteiger partial charge in [-0.25, -0.2) is 4.98 Å². The molecule has 1 aromatic heterocycles. The zero-order valence-electron chi connectivity index (χ0n) is 11.9. The zero-order chi connectivity index (χ0) is 16.3. The Balaban J connectivity index is 2.47. The molecule has 0 saturated heterocycles. The van der Waals surface area contributed by atoms with Gasteiger partial charge < -0.3 is 15.2 Å². The molecule has 0 bridgehead atoms. The van der Waals surface area contributed by atoms with Gasteiger partial charge in [-0.3, -0.25) is 4.98 Å². The summed E-state index contributed by atoms with van der Waals surface area (Å²) < 4.78 is 46.1. The molecular weight excluding hydrogens is 299 g/mol. The Morgan fingerprint density at radius 1 is 1.18 bits per heavy atom. The van der Waals surface area contributed by atoms with Gasteiger partial charge in [0.25, 0.3) is 0 Å². The summed E-state index contributed by atoms with van der Waals surface area (Å²) in [5.41, 5.74) is 7.05. The molecule has 118 valence electrons. The zero-order valence-corrected chi connectivity index (χ0v) is 11.9. The van der Waals surface area contributed by atoms with Gasteiger partial charge in [-0.1, -0.05) is 0 Å². The Kier molecular flexibility index (Phi) is 4.51. The first kappa shape index (κ1) is 16.0. The number of halogens is 3. The van der Waals surface area contributed by atoms with E-state index in [-0.39, 0.29) is 11.6 Å². The number of rotatable bonds is 4. The van der Waals surface area contributed by atoms with Crippen molar-refractivity contribution in [1.82, 2.24) is 9.97 Å². The quantitative estimate of drug-likeness (QED) is 0.937. The van der Waals surface area contributed by atoms with Crippen LogP contribution in [0.5, 0.6) is 5.75 Å². The Bertz CT molecular complexity index is 645. The molecule has 1 heterocycles. The summed E-state index contributed by atoms with van der Waals surface area (Å²) in [6, 6.07) is 3.97. The highest BCUT2D eigenvalue weighted by molar-refractivity contribution is 5.65. The maximum absolute atomic E-state index is 12.3. The summed E-state index contributed by atoms with van der Waals surface area (Å²) in [4.78, 5) is 8.05. The number of methoxy groups -OCH3 is 1. The van der Waals surface area contributed by atoms with Crippen molar-refractivity contribution in [2.75, 3.05) is 12.8 Å². The van der Waals surface area contributed by atoms with Gasteiger partial charge in [0.05, 0.1) is 24.2 Å². The number of hydrogen-bond donors (Lipinski definition) is 1. The Morgan fingerprint density at radius 2 is 1.91 bits per heavy atom. The van der Waals surface area contributed by atoms with Crippen molar-refractivity contribution in [2.24, 2.45) is 0 Å². The minimum atomic E-state index is -4.75. The SMILES string of the molecule is COC(C)c1cc(OC(F)(F)F)ccc1-c1cnc(N)cn1. The lowest BCUT2D eigenvalue weighted by Gasteiger charge is -2.17. The van der Waals surface area contributed by atoms with Crippen molar-refractivity contribution in [3.05, 3.63) is 36.2 Å². The molecule has 0 spiro atoms. The van der Waals surface area contributed by atoms with Crippen LogP contribution in [0.25, 0.3) is 11.3 Å². The van der Waals surface area contributed by atoms with Gasteiger partial charge in [-0.15, -0.1) is 13.2 Å². The fourth-order valence-electron chi connectivity index (χ4n) is 1.91. The van der Waals surface area contributed by atoms with Gasteiger partial charge in [0.1, 0.15) is 11.6 Å². The predicted molar refractivity (Wildman–Crippen MR) is 74.0 cm³/mol. The first-order valence-corrected chi connectivity index (χ1v) is 6.30. The van der Waals surface area contributed by atoms with E-state index in [1.54, 1.807) is 6.92 Å². The lowest BCUT2D eigenvalue weighted by Crippen LogP contribution is -2.17. The molecule has 5 nitrogen and oxygen atoms in total. The van der Waals surface area contributed by atoms with Crippen molar-refractivity contribution < 1.29 is 22.6 Å². The largest absolute Gasteiger partial charge is 0.573 e. The summed E-state index contributed by atoms with van der Waals surface area (Å²) in [5.74, 6) is -0.0688. The summed E-state index contributed by atoms with van der Waals surface area (Å²) in [7, 11) is 1.46. The van der Waals surface area contributed by atoms with Crippen molar-refractivity contribution in [3.63, 3.8) is 0 Å². The van der Waals surface area contributed by atoms with Gasteiger partial charge in [0.15, 0.2) is 0 Å². The van der Waals surface area contributed by atoms with E-state index in [0.717, 1.165) is 0 Å². The first-order chi connectivity index (χ1) is 10.3. The van der Waals surface area contributed by atoms with Crippen LogP contribution in [0, 0.1) is 0 Å². The van der Waals surface area contributed by atoms with Crippen LogP contribution in [-0.2, 0) is 4.74 Å². The summed E-state index contributed by atoms with van der Waals surface area (Å²) in [5, 5.41) is 0. The van der Waals surface area contributed by atoms with E-state index in [1.165, 1.54) is 37.7 Å². The minimum absolute atomic E-state index is 0.252. The molecule has 2 aromatic rings. The number of ether oxygens (including phenoxy) is 2. The molecule has 1 aromatic carbocycles. The minimum Gasteiger partial charge on any atom is -0.406 e. The highest BCUT2D eigenvalue weighted by Crippen LogP contribution is 2.33. The van der Waals surface area contributed by atoms with Gasteiger partial charge in [0.2, 0.25) is 0 Å². The Hall–Kier alpha value is -2.35. The number of benzene rings is 1. The van der Waals surface area contributed by atoms with Crippen molar-refractivity contribution in [3.8, 4) is 17.0 Å². The van der Waals surface area contributed by atoms with Crippen LogP contribution in [0.15, 0.2) is 30.6 Å². The number of anilines is 1. The molecule has 0 aliphatic carbocycles. The molecule has 8 heteroatoms. The molecular formula is C14H14F3N3O2. The van der Waals surface area contributed by atoms with E-state index in [0.29, 0.717) is 16.8 Å². The molecule has 1 unspecified atom stereocenters. The lowest BCUT2D eigenvalue weighted by molar-refractivity contribution is -0.274. The predicted octanol–water partition coefficient (Wildman–Crippen LogP) is 3.33. The second kappa shape index (κ2) is 6.18. The molecule has 22 heavy (non-hydrogen) atoms. The molecule has 2 N–H and O–H groups in total. The van der Waals surface area contributed by atoms with E-state index >= 15 is 0 Å². The number of nitrogens with zero attached hydrogens (tertiary/aromatic N) is 2. The Morgan fingerprint density at radius 3 is 2.45 bits per heavy atom. The van der Waals surface area contributed by atoms with Crippen LogP contribution < -0.4 is 10.5 Å². The Labute approximate surface area is 124 Å². The third-order valence-electron chi connectivity index (χ3n) is 3.00. The lowest BCUT2D eigenvalue weighted by atomic mass is 10.0. The molecule has 1 atom stereocenters. The van der Waals surface area contributed by atoms with E-state index in [1.807, 2.05) is 0 Å². The molecule has 2 rings (SSSR count). The summed E-state index contributed by atoms with van der Waals surface area (Å²) in [6.07, 6.45) is -2.39. The first-order valence-electron chi connectivity index (χ1n) is 6.30. The summed E-state index contributed by atoms with van der Waals surface area (Å²) >= 11 is 0. The maximum atomic E-state index is 12.3. The standard InChI is InChI=1S/C14H14F3N3O2/c1-8(21-2)11-5-9(22-14(15,16)17)3-4-10(11)12-6-20-13(18)7-19-12/h3-8H,1-2H3,(H2,18,20). The van der Waals surface area contributed by atoms with Crippen LogP contribution in [-0.4, -0.2) is 23.4 Å². The van der Waals surface area contributed by atoms with E-state index in [9.17, 15) is 13.2 Å². The fourth-order valence-corrected chi connectivity index (χ4v) is 1.91. The molecule has 0 fully saturated rings. The highest BCUT2D eigenvalue weighted by Gasteiger charge is 2.31. The number of alkyl halides is 3. The van der Waals surface area contributed by atoms with Crippen LogP contribution >= 0.6 is 0 Å². The van der Waals surface area contributed by atoms with Gasteiger partial charge in [0, 0.05) is 12.7 Å². The highest BCUT2D eigenvalue weighted by atomic mass is 19.4. The van der Waals surface area contributed by atoms with Crippen LogP contribution in [0.1, 0.15) is 18.6 Å². The van der Waals surface area contributed by atoms with Gasteiger partial charge in [-0.2, -0.15) is 0 Å². The topological polar surface area (TPSA) is 70.3 Å². The molecule has 0 aliphatic rings. The number of nitrogens with two attached hydrogens (primary N) is 1. The van der Waals surface area contributed by atoms with E-state index < -0.39 is 12.5 Å². The van der Waals surface area contributed by atoms with Crippen molar-refractivity contribution >= 4 is 5.82 Å². The van der Waals surface area contributed by atoms with Crippen LogP contribution in [0.2, 0.25) is 0 Å². The van der Waals surface area contributed by atoms with Gasteiger partial charge in [-0.05, 0) is 30.7 Å². The second-order valence-electron chi connectivity index (χ2n) is 4.50. The van der Waals surface area contributed by atoms with Crippen molar-refractivity contribution in [2.45, 2.75) is 19.4 Å². The smallest absolute Gasteiger partial charge is 0.406 e. The summed E-state index contributed by atoms with van der Waals surface area (Å²) in [6.45, 7) is 1.71. The van der Waals surface area contributed by atoms with Crippen LogP contribution in [0.4, 0.5) is 19.0 Å². The van der Waals surface area contributed by atoms with Crippen LogP contribution in [0.3, 0.4) is 0 Å². The number of hydrogen-bond acceptors (Lipinski definition) is 5. The third kappa shape index (κ3) is 3.85. The van der Waals surface area contributed by atoms with E-state index in [4.69, 9.17) is 10.5 Å².